The van der Waals surface area contributed by atoms with Crippen LogP contribution in [0.5, 0.6) is 0 Å². The van der Waals surface area contributed by atoms with Gasteiger partial charge in [0.1, 0.15) is 11.5 Å². The third-order valence-corrected chi connectivity index (χ3v) is 6.91. The molecule has 2 amide bonds. The summed E-state index contributed by atoms with van der Waals surface area (Å²) in [5.74, 6) is 1.18. The molecule has 7 rings (SSSR count). The van der Waals surface area contributed by atoms with Crippen LogP contribution in [0.4, 0.5) is 5.69 Å². The highest BCUT2D eigenvalue weighted by Crippen LogP contribution is 2.65. The van der Waals surface area contributed by atoms with Crippen molar-refractivity contribution in [3.8, 4) is 11.3 Å². The van der Waals surface area contributed by atoms with Crippen molar-refractivity contribution in [3.63, 3.8) is 0 Å². The van der Waals surface area contributed by atoms with Gasteiger partial charge in [0, 0.05) is 17.7 Å². The summed E-state index contributed by atoms with van der Waals surface area (Å²) in [6.07, 6.45) is 6.71. The fraction of sp³-hybridized carbons (Fsp3) is 0.318. The summed E-state index contributed by atoms with van der Waals surface area (Å²) in [5, 5.41) is 16.1. The summed E-state index contributed by atoms with van der Waals surface area (Å²) in [4.78, 5) is 36.3. The number of rotatable bonds is 4. The van der Waals surface area contributed by atoms with Crippen molar-refractivity contribution in [2.45, 2.75) is 6.42 Å². The molecule has 0 N–H and O–H groups in total. The number of nitro groups is 1. The fourth-order valence-electron chi connectivity index (χ4n) is 5.52. The van der Waals surface area contributed by atoms with E-state index in [1.54, 1.807) is 24.3 Å². The van der Waals surface area contributed by atoms with Crippen molar-refractivity contribution in [2.24, 2.45) is 40.6 Å². The van der Waals surface area contributed by atoms with Gasteiger partial charge in [0.15, 0.2) is 0 Å². The van der Waals surface area contributed by atoms with E-state index < -0.39 is 4.92 Å². The highest BCUT2D eigenvalue weighted by molar-refractivity contribution is 6.06. The molecule has 0 radical (unpaired) electrons. The van der Waals surface area contributed by atoms with E-state index in [2.05, 4.69) is 17.3 Å². The lowest BCUT2D eigenvalue weighted by Gasteiger charge is -2.37. The number of hydrazone groups is 1. The maximum absolute atomic E-state index is 12.9. The average Bonchev–Trinajstić information content (AvgIpc) is 3.39. The fourth-order valence-corrected chi connectivity index (χ4v) is 5.52. The second-order valence-corrected chi connectivity index (χ2v) is 8.40. The van der Waals surface area contributed by atoms with Crippen LogP contribution in [-0.4, -0.2) is 28.0 Å². The average molecular weight is 403 g/mol. The number of hydrogen-bond acceptors (Lipinski definition) is 6. The molecule has 1 aliphatic heterocycles. The Hall–Kier alpha value is -3.55. The zero-order valence-electron chi connectivity index (χ0n) is 15.8. The van der Waals surface area contributed by atoms with Gasteiger partial charge < -0.3 is 4.42 Å². The molecule has 4 aliphatic carbocycles. The van der Waals surface area contributed by atoms with E-state index in [-0.39, 0.29) is 41.2 Å². The first-order valence-electron chi connectivity index (χ1n) is 9.98. The first-order valence-corrected chi connectivity index (χ1v) is 9.98. The van der Waals surface area contributed by atoms with Crippen LogP contribution in [-0.2, 0) is 9.59 Å². The zero-order chi connectivity index (χ0) is 20.6. The highest BCUT2D eigenvalue weighted by atomic mass is 16.6. The molecule has 3 fully saturated rings. The summed E-state index contributed by atoms with van der Waals surface area (Å²) in [7, 11) is 0. The largest absolute Gasteiger partial charge is 0.455 e. The Morgan fingerprint density at radius 1 is 1.07 bits per heavy atom. The smallest absolute Gasteiger partial charge is 0.270 e. The topological polar surface area (TPSA) is 106 Å². The molecule has 2 heterocycles. The third-order valence-electron chi connectivity index (χ3n) is 6.91. The van der Waals surface area contributed by atoms with Gasteiger partial charge in [-0.05, 0) is 42.2 Å². The van der Waals surface area contributed by atoms with Gasteiger partial charge in [0.25, 0.3) is 17.5 Å². The van der Waals surface area contributed by atoms with Crippen LogP contribution in [0.25, 0.3) is 11.3 Å². The number of nitrogens with zero attached hydrogens (tertiary/aromatic N) is 3. The first-order chi connectivity index (χ1) is 14.5. The Labute approximate surface area is 171 Å². The van der Waals surface area contributed by atoms with Gasteiger partial charge in [-0.15, -0.1) is 0 Å². The lowest BCUT2D eigenvalue weighted by Crippen LogP contribution is -2.40. The Morgan fingerprint density at radius 2 is 1.77 bits per heavy atom. The molecule has 1 saturated heterocycles. The summed E-state index contributed by atoms with van der Waals surface area (Å²) in [6.45, 7) is 0. The van der Waals surface area contributed by atoms with Crippen molar-refractivity contribution in [3.05, 3.63) is 64.4 Å². The van der Waals surface area contributed by atoms with Crippen LogP contribution >= 0.6 is 0 Å². The molecule has 30 heavy (non-hydrogen) atoms. The number of allylic oxidation sites excluding steroid dienone is 2. The third kappa shape index (κ3) is 2.36. The quantitative estimate of drug-likeness (QED) is 0.256. The lowest BCUT2D eigenvalue weighted by molar-refractivity contribution is -0.384. The van der Waals surface area contributed by atoms with E-state index in [4.69, 9.17) is 4.42 Å². The van der Waals surface area contributed by atoms with E-state index in [0.29, 0.717) is 28.9 Å². The normalized spacial score (nSPS) is 33.3. The number of imide groups is 1. The van der Waals surface area contributed by atoms with Crippen molar-refractivity contribution >= 4 is 23.7 Å². The summed E-state index contributed by atoms with van der Waals surface area (Å²) < 4.78 is 5.70. The van der Waals surface area contributed by atoms with Crippen LogP contribution in [0.1, 0.15) is 12.2 Å². The minimum absolute atomic E-state index is 0.0312. The van der Waals surface area contributed by atoms with E-state index >= 15 is 0 Å². The summed E-state index contributed by atoms with van der Waals surface area (Å²) >= 11 is 0. The van der Waals surface area contributed by atoms with Gasteiger partial charge in [-0.2, -0.15) is 10.1 Å². The van der Waals surface area contributed by atoms with Crippen LogP contribution in [0.2, 0.25) is 0 Å². The van der Waals surface area contributed by atoms with Crippen LogP contribution < -0.4 is 0 Å². The van der Waals surface area contributed by atoms with E-state index in [9.17, 15) is 19.7 Å². The Bertz CT molecular complexity index is 1130. The number of carbonyl (C=O) groups is 2. The van der Waals surface area contributed by atoms with Crippen LogP contribution in [0.15, 0.2) is 58.1 Å². The van der Waals surface area contributed by atoms with Gasteiger partial charge in [0.05, 0.1) is 23.0 Å². The van der Waals surface area contributed by atoms with Crippen molar-refractivity contribution in [1.29, 1.82) is 0 Å². The molecule has 5 aliphatic rings. The summed E-state index contributed by atoms with van der Waals surface area (Å²) in [5.41, 5.74) is 0.529. The van der Waals surface area contributed by atoms with Crippen LogP contribution in [0.3, 0.4) is 0 Å². The van der Waals surface area contributed by atoms with Gasteiger partial charge in [-0.1, -0.05) is 24.3 Å². The minimum atomic E-state index is -0.467. The van der Waals surface area contributed by atoms with Gasteiger partial charge in [-0.3, -0.25) is 19.7 Å². The Balaban J connectivity index is 1.24. The zero-order valence-corrected chi connectivity index (χ0v) is 15.8. The van der Waals surface area contributed by atoms with Crippen molar-refractivity contribution < 1.29 is 18.9 Å². The standard InChI is InChI=1S/C22H17N3O5/c26-21-19-14-5-6-15(17-9-16(14)17)20(19)22(27)24(21)23-10-13-4-7-18(30-13)11-2-1-3-12(8-11)25(28)29/h1-8,10,14-17,19-20H,9H2/b23-10-/t14-,15-,16-,17-,19-,20+/m0/s1. The predicted octanol–water partition coefficient (Wildman–Crippen LogP) is 3.24. The number of carbonyl (C=O) groups excluding carboxylic acids is 2. The van der Waals surface area contributed by atoms with Crippen molar-refractivity contribution in [1.82, 2.24) is 5.01 Å². The number of nitro benzene ring substituents is 1. The lowest BCUT2D eigenvalue weighted by atomic mass is 9.63. The molecule has 8 nitrogen and oxygen atoms in total. The van der Waals surface area contributed by atoms with Gasteiger partial charge >= 0.3 is 0 Å². The molecule has 0 spiro atoms. The maximum atomic E-state index is 12.9. The van der Waals surface area contributed by atoms with E-state index in [1.165, 1.54) is 18.3 Å². The minimum Gasteiger partial charge on any atom is -0.455 e. The number of amides is 2. The number of non-ortho nitro benzene ring substituents is 1. The Morgan fingerprint density at radius 3 is 2.43 bits per heavy atom. The molecule has 2 saturated carbocycles. The van der Waals surface area contributed by atoms with Crippen LogP contribution in [0, 0.1) is 45.6 Å². The highest BCUT2D eigenvalue weighted by Gasteiger charge is 2.67. The molecular formula is C22H17N3O5. The Kier molecular flexibility index (Phi) is 3.45. The SMILES string of the molecule is O=C1[C@@H]2[C@H]3C=C[C@@H]([C@@H]4C[C@@H]34)[C@@H]2C(=O)N1/N=C\c1ccc(-c2cccc([N+](=O)[O-])c2)o1. The monoisotopic (exact) mass is 403 g/mol. The summed E-state index contributed by atoms with van der Waals surface area (Å²) in [6, 6.07) is 9.44. The second-order valence-electron chi connectivity index (χ2n) is 8.40. The number of furan rings is 1. The predicted molar refractivity (Wildman–Crippen MR) is 105 cm³/mol. The molecule has 1 aromatic carbocycles. The maximum Gasteiger partial charge on any atom is 0.270 e. The van der Waals surface area contributed by atoms with Crippen molar-refractivity contribution in [2.75, 3.05) is 0 Å². The molecule has 1 aromatic heterocycles. The molecular weight excluding hydrogens is 386 g/mol. The van der Waals surface area contributed by atoms with Gasteiger partial charge in [0.2, 0.25) is 0 Å². The molecule has 0 unspecified atom stereocenters. The second kappa shape index (κ2) is 5.98. The van der Waals surface area contributed by atoms with Gasteiger partial charge in [-0.25, -0.2) is 0 Å². The van der Waals surface area contributed by atoms with E-state index in [1.807, 2.05) is 0 Å². The molecule has 2 aromatic rings. The van der Waals surface area contributed by atoms with E-state index in [0.717, 1.165) is 11.4 Å². The number of benzene rings is 1. The first kappa shape index (κ1) is 17.3. The number of hydrogen-bond donors (Lipinski definition) is 0. The molecule has 150 valence electrons. The molecule has 2 bridgehead atoms. The molecule has 6 atom stereocenters. The molecule has 8 heteroatoms.